The van der Waals surface area contributed by atoms with Crippen LogP contribution < -0.4 is 0 Å². The smallest absolute Gasteiger partial charge is 0.229 e. The molecule has 0 aromatic heterocycles. The second-order valence-electron chi connectivity index (χ2n) is 5.64. The standard InChI is InChI=1S/C7H7IO.C7H8O.C5H7NO2/c1-5-2-3-7(9)6(8)4-5;1-6-2-4-7(8)5-3-6;1-6-4(7)2-3-5(6)8/h2-4,9H,1H3;2-5,8H,1H3;2-3H2,1H3. The predicted octanol–water partition coefficient (Wildman–Crippen LogP) is 3.77. The number of aryl methyl sites for hydroxylation is 2. The Labute approximate surface area is 161 Å². The van der Waals surface area contributed by atoms with Crippen LogP contribution in [0.3, 0.4) is 0 Å². The Hall–Kier alpha value is -2.09. The van der Waals surface area contributed by atoms with Gasteiger partial charge in [0.15, 0.2) is 0 Å². The van der Waals surface area contributed by atoms with Gasteiger partial charge < -0.3 is 10.2 Å². The third-order valence-corrected chi connectivity index (χ3v) is 4.30. The number of nitrogens with zero attached hydrogens (tertiary/aromatic N) is 1. The van der Waals surface area contributed by atoms with Gasteiger partial charge in [-0.05, 0) is 66.3 Å². The van der Waals surface area contributed by atoms with E-state index in [1.807, 2.05) is 38.1 Å². The minimum absolute atomic E-state index is 0.0602. The van der Waals surface area contributed by atoms with E-state index in [0.29, 0.717) is 24.3 Å². The van der Waals surface area contributed by atoms with E-state index in [1.165, 1.54) is 23.1 Å². The monoisotopic (exact) mass is 455 g/mol. The number of halogens is 1. The number of hydrogen-bond acceptors (Lipinski definition) is 4. The molecule has 0 radical (unpaired) electrons. The van der Waals surface area contributed by atoms with Gasteiger partial charge in [0.1, 0.15) is 11.5 Å². The number of aromatic hydroxyl groups is 2. The third kappa shape index (κ3) is 7.55. The maximum Gasteiger partial charge on any atom is 0.229 e. The van der Waals surface area contributed by atoms with Gasteiger partial charge in [-0.15, -0.1) is 0 Å². The number of carbonyl (C=O) groups is 2. The first-order valence-corrected chi connectivity index (χ1v) is 8.78. The largest absolute Gasteiger partial charge is 0.508 e. The summed E-state index contributed by atoms with van der Waals surface area (Å²) in [4.78, 5) is 22.1. The van der Waals surface area contributed by atoms with Crippen molar-refractivity contribution in [3.05, 3.63) is 57.2 Å². The van der Waals surface area contributed by atoms with Gasteiger partial charge in [0.25, 0.3) is 0 Å². The van der Waals surface area contributed by atoms with Crippen LogP contribution in [0.5, 0.6) is 11.5 Å². The highest BCUT2D eigenvalue weighted by Crippen LogP contribution is 2.19. The molecule has 0 aliphatic carbocycles. The van der Waals surface area contributed by atoms with E-state index in [2.05, 4.69) is 22.6 Å². The summed E-state index contributed by atoms with van der Waals surface area (Å²) in [6.45, 7) is 3.99. The lowest BCUT2D eigenvalue weighted by molar-refractivity contribution is -0.136. The molecule has 1 heterocycles. The SMILES string of the molecule is CN1C(=O)CCC1=O.Cc1ccc(O)c(I)c1.Cc1ccc(O)cc1. The van der Waals surface area contributed by atoms with Crippen molar-refractivity contribution in [3.63, 3.8) is 0 Å². The first-order chi connectivity index (χ1) is 11.7. The third-order valence-electron chi connectivity index (χ3n) is 3.44. The second kappa shape index (κ2) is 10.0. The van der Waals surface area contributed by atoms with Crippen LogP contribution in [0.1, 0.15) is 24.0 Å². The molecular weight excluding hydrogens is 433 g/mol. The summed E-state index contributed by atoms with van der Waals surface area (Å²) in [5.74, 6) is 0.571. The first-order valence-electron chi connectivity index (χ1n) is 7.71. The van der Waals surface area contributed by atoms with Crippen molar-refractivity contribution in [1.82, 2.24) is 4.90 Å². The van der Waals surface area contributed by atoms with Crippen LogP contribution in [0.25, 0.3) is 0 Å². The Kier molecular flexibility index (Phi) is 8.40. The van der Waals surface area contributed by atoms with Crippen molar-refractivity contribution < 1.29 is 19.8 Å². The number of phenols is 2. The van der Waals surface area contributed by atoms with Crippen molar-refractivity contribution in [3.8, 4) is 11.5 Å². The highest BCUT2D eigenvalue weighted by Gasteiger charge is 2.24. The molecule has 6 heteroatoms. The van der Waals surface area contributed by atoms with Gasteiger partial charge in [0.2, 0.25) is 11.8 Å². The van der Waals surface area contributed by atoms with Crippen LogP contribution in [0.15, 0.2) is 42.5 Å². The number of amides is 2. The summed E-state index contributed by atoms with van der Waals surface area (Å²) < 4.78 is 0.910. The van der Waals surface area contributed by atoms with Gasteiger partial charge in [-0.3, -0.25) is 14.5 Å². The summed E-state index contributed by atoms with van der Waals surface area (Å²) >= 11 is 2.10. The number of carbonyl (C=O) groups excluding carboxylic acids is 2. The van der Waals surface area contributed by atoms with Gasteiger partial charge in [-0.2, -0.15) is 0 Å². The highest BCUT2D eigenvalue weighted by atomic mass is 127. The fourth-order valence-electron chi connectivity index (χ4n) is 1.85. The molecule has 3 rings (SSSR count). The Morgan fingerprint density at radius 1 is 0.880 bits per heavy atom. The van der Waals surface area contributed by atoms with E-state index in [-0.39, 0.29) is 11.8 Å². The number of hydrogen-bond donors (Lipinski definition) is 2. The van der Waals surface area contributed by atoms with Gasteiger partial charge in [-0.1, -0.05) is 23.8 Å². The summed E-state index contributed by atoms with van der Waals surface area (Å²) in [7, 11) is 1.51. The number of imide groups is 1. The van der Waals surface area contributed by atoms with E-state index >= 15 is 0 Å². The van der Waals surface area contributed by atoms with Crippen molar-refractivity contribution >= 4 is 34.4 Å². The molecule has 134 valence electrons. The molecule has 5 nitrogen and oxygen atoms in total. The van der Waals surface area contributed by atoms with Gasteiger partial charge >= 0.3 is 0 Å². The summed E-state index contributed by atoms with van der Waals surface area (Å²) in [5, 5.41) is 17.8. The fourth-order valence-corrected chi connectivity index (χ4v) is 2.52. The Bertz CT molecular complexity index is 692. The van der Waals surface area contributed by atoms with Crippen LogP contribution in [0.2, 0.25) is 0 Å². The second-order valence-corrected chi connectivity index (χ2v) is 6.80. The lowest BCUT2D eigenvalue weighted by atomic mass is 10.2. The molecule has 1 aliphatic rings. The number of likely N-dealkylation sites (tertiary alicyclic amines) is 1. The van der Waals surface area contributed by atoms with E-state index < -0.39 is 0 Å². The Morgan fingerprint density at radius 2 is 1.36 bits per heavy atom. The van der Waals surface area contributed by atoms with E-state index in [1.54, 1.807) is 18.2 Å². The minimum Gasteiger partial charge on any atom is -0.508 e. The Morgan fingerprint density at radius 3 is 1.68 bits per heavy atom. The molecule has 0 spiro atoms. The van der Waals surface area contributed by atoms with E-state index in [9.17, 15) is 9.59 Å². The van der Waals surface area contributed by atoms with Gasteiger partial charge in [0, 0.05) is 19.9 Å². The summed E-state index contributed by atoms with van der Waals surface area (Å²) in [5.41, 5.74) is 2.35. The van der Waals surface area contributed by atoms with Crippen LogP contribution in [-0.2, 0) is 9.59 Å². The van der Waals surface area contributed by atoms with E-state index in [0.717, 1.165) is 3.57 Å². The molecule has 25 heavy (non-hydrogen) atoms. The quantitative estimate of drug-likeness (QED) is 0.469. The molecule has 2 aromatic rings. The van der Waals surface area contributed by atoms with Crippen LogP contribution in [-0.4, -0.2) is 34.0 Å². The zero-order chi connectivity index (χ0) is 19.0. The molecule has 0 bridgehead atoms. The fraction of sp³-hybridized carbons (Fsp3) is 0.263. The zero-order valence-corrected chi connectivity index (χ0v) is 16.6. The normalized spacial score (nSPS) is 12.9. The maximum absolute atomic E-state index is 10.5. The number of phenolic OH excluding ortho intramolecular Hbond substituents is 2. The summed E-state index contributed by atoms with van der Waals surface area (Å²) in [6, 6.07) is 12.6. The average molecular weight is 455 g/mol. The lowest BCUT2D eigenvalue weighted by Gasteiger charge is -2.01. The number of benzene rings is 2. The molecule has 1 fully saturated rings. The molecule has 2 N–H and O–H groups in total. The summed E-state index contributed by atoms with van der Waals surface area (Å²) in [6.07, 6.45) is 0.796. The zero-order valence-electron chi connectivity index (χ0n) is 14.5. The van der Waals surface area contributed by atoms with Crippen LogP contribution in [0.4, 0.5) is 0 Å². The molecule has 1 saturated heterocycles. The van der Waals surface area contributed by atoms with Crippen LogP contribution >= 0.6 is 22.6 Å². The van der Waals surface area contributed by atoms with Crippen molar-refractivity contribution in [2.45, 2.75) is 26.7 Å². The van der Waals surface area contributed by atoms with Crippen molar-refractivity contribution in [2.75, 3.05) is 7.05 Å². The molecule has 2 amide bonds. The lowest BCUT2D eigenvalue weighted by Crippen LogP contribution is -2.23. The molecule has 0 saturated carbocycles. The number of rotatable bonds is 0. The van der Waals surface area contributed by atoms with Gasteiger partial charge in [-0.25, -0.2) is 0 Å². The maximum atomic E-state index is 10.5. The Balaban J connectivity index is 0.000000188. The van der Waals surface area contributed by atoms with Crippen molar-refractivity contribution in [1.29, 1.82) is 0 Å². The van der Waals surface area contributed by atoms with E-state index in [4.69, 9.17) is 10.2 Å². The highest BCUT2D eigenvalue weighted by molar-refractivity contribution is 14.1. The molecular formula is C19H22INO4. The topological polar surface area (TPSA) is 77.8 Å². The average Bonchev–Trinajstić information content (AvgIpc) is 2.86. The molecule has 2 aromatic carbocycles. The predicted molar refractivity (Wildman–Crippen MR) is 105 cm³/mol. The minimum atomic E-state index is -0.0602. The van der Waals surface area contributed by atoms with Crippen molar-refractivity contribution in [2.24, 2.45) is 0 Å². The van der Waals surface area contributed by atoms with Crippen LogP contribution in [0, 0.1) is 17.4 Å². The first kappa shape index (κ1) is 21.0. The van der Waals surface area contributed by atoms with Gasteiger partial charge in [0.05, 0.1) is 3.57 Å². The molecule has 1 aliphatic heterocycles. The molecule has 0 unspecified atom stereocenters. The molecule has 0 atom stereocenters.